The Hall–Kier alpha value is -0.970. The van der Waals surface area contributed by atoms with E-state index in [9.17, 15) is 0 Å². The number of aromatic nitrogens is 1. The zero-order valence-corrected chi connectivity index (χ0v) is 9.38. The van der Waals surface area contributed by atoms with Crippen LogP contribution in [0, 0.1) is 0 Å². The first kappa shape index (κ1) is 11.5. The molecule has 0 saturated carbocycles. The number of nitrogens with zero attached hydrogens (tertiary/aromatic N) is 2. The molecule has 1 aliphatic rings. The molecule has 1 N–H and O–H groups in total. The Morgan fingerprint density at radius 1 is 1.50 bits per heavy atom. The lowest BCUT2D eigenvalue weighted by molar-refractivity contribution is -0.0523. The summed E-state index contributed by atoms with van der Waals surface area (Å²) < 4.78 is 5.40. The van der Waals surface area contributed by atoms with Crippen molar-refractivity contribution >= 4 is 0 Å². The molecule has 0 aliphatic carbocycles. The molecule has 1 saturated heterocycles. The van der Waals surface area contributed by atoms with E-state index in [2.05, 4.69) is 9.88 Å². The van der Waals surface area contributed by atoms with Crippen molar-refractivity contribution in [2.24, 2.45) is 0 Å². The summed E-state index contributed by atoms with van der Waals surface area (Å²) in [6, 6.07) is 5.99. The second kappa shape index (κ2) is 5.94. The van der Waals surface area contributed by atoms with Crippen LogP contribution in [-0.4, -0.2) is 53.9 Å². The van der Waals surface area contributed by atoms with Gasteiger partial charge < -0.3 is 9.84 Å². The van der Waals surface area contributed by atoms with Crippen molar-refractivity contribution in [3.63, 3.8) is 0 Å². The zero-order chi connectivity index (χ0) is 11.2. The molecule has 4 nitrogen and oxygen atoms in total. The van der Waals surface area contributed by atoms with Gasteiger partial charge in [-0.2, -0.15) is 0 Å². The summed E-state index contributed by atoms with van der Waals surface area (Å²) >= 11 is 0. The topological polar surface area (TPSA) is 45.6 Å². The number of rotatable bonds is 4. The Morgan fingerprint density at radius 3 is 3.19 bits per heavy atom. The lowest BCUT2D eigenvalue weighted by Gasteiger charge is -2.31. The van der Waals surface area contributed by atoms with E-state index < -0.39 is 0 Å². The Labute approximate surface area is 95.9 Å². The molecule has 1 aromatic heterocycles. The van der Waals surface area contributed by atoms with Crippen LogP contribution in [0.15, 0.2) is 24.4 Å². The van der Waals surface area contributed by atoms with Gasteiger partial charge in [0.1, 0.15) is 0 Å². The van der Waals surface area contributed by atoms with Gasteiger partial charge in [-0.15, -0.1) is 0 Å². The van der Waals surface area contributed by atoms with Gasteiger partial charge in [-0.25, -0.2) is 0 Å². The third kappa shape index (κ3) is 3.27. The number of hydrogen-bond donors (Lipinski definition) is 1. The molecule has 88 valence electrons. The van der Waals surface area contributed by atoms with Crippen LogP contribution < -0.4 is 0 Å². The largest absolute Gasteiger partial charge is 0.394 e. The Kier molecular flexibility index (Phi) is 4.27. The van der Waals surface area contributed by atoms with Crippen molar-refractivity contribution in [3.05, 3.63) is 30.1 Å². The van der Waals surface area contributed by atoms with E-state index in [1.54, 1.807) is 0 Å². The van der Waals surface area contributed by atoms with Gasteiger partial charge in [-0.1, -0.05) is 6.07 Å². The molecular weight excluding hydrogens is 204 g/mol. The lowest BCUT2D eigenvalue weighted by atomic mass is 10.2. The molecule has 4 heteroatoms. The van der Waals surface area contributed by atoms with E-state index in [4.69, 9.17) is 9.84 Å². The van der Waals surface area contributed by atoms with Crippen LogP contribution in [0.2, 0.25) is 0 Å². The summed E-state index contributed by atoms with van der Waals surface area (Å²) in [6.07, 6.45) is 2.77. The van der Waals surface area contributed by atoms with Gasteiger partial charge in [0, 0.05) is 37.9 Å². The van der Waals surface area contributed by atoms with Crippen molar-refractivity contribution in [1.29, 1.82) is 0 Å². The fourth-order valence-corrected chi connectivity index (χ4v) is 1.91. The summed E-state index contributed by atoms with van der Waals surface area (Å²) in [5, 5.41) is 9.03. The highest BCUT2D eigenvalue weighted by Gasteiger charge is 2.19. The summed E-state index contributed by atoms with van der Waals surface area (Å²) in [5.74, 6) is 0. The third-order valence-electron chi connectivity index (χ3n) is 2.84. The minimum absolute atomic E-state index is 0.0162. The highest BCUT2D eigenvalue weighted by molar-refractivity contribution is 5.03. The predicted octanol–water partition coefficient (Wildman–Crippen LogP) is 0.317. The van der Waals surface area contributed by atoms with Crippen molar-refractivity contribution < 1.29 is 9.84 Å². The molecule has 0 spiro atoms. The third-order valence-corrected chi connectivity index (χ3v) is 2.84. The van der Waals surface area contributed by atoms with Crippen LogP contribution in [0.5, 0.6) is 0 Å². The average molecular weight is 222 g/mol. The second-order valence-electron chi connectivity index (χ2n) is 4.05. The maximum atomic E-state index is 9.03. The standard InChI is InChI=1S/C12H18N2O2/c15-10-12-9-14(7-8-16-12)6-4-11-3-1-2-5-13-11/h1-3,5,12,15H,4,6-10H2. The SMILES string of the molecule is OCC1CN(CCc2ccccn2)CCO1. The summed E-state index contributed by atoms with van der Waals surface area (Å²) in [7, 11) is 0. The first-order valence-corrected chi connectivity index (χ1v) is 5.73. The number of pyridine rings is 1. The maximum Gasteiger partial charge on any atom is 0.0932 e. The minimum atomic E-state index is -0.0162. The van der Waals surface area contributed by atoms with E-state index in [0.29, 0.717) is 6.61 Å². The van der Waals surface area contributed by atoms with Crippen molar-refractivity contribution in [2.45, 2.75) is 12.5 Å². The molecule has 0 radical (unpaired) electrons. The molecule has 2 heterocycles. The summed E-state index contributed by atoms with van der Waals surface area (Å²) in [5.41, 5.74) is 1.12. The molecule has 16 heavy (non-hydrogen) atoms. The summed E-state index contributed by atoms with van der Waals surface area (Å²) in [6.45, 7) is 3.58. The van der Waals surface area contributed by atoms with E-state index >= 15 is 0 Å². The van der Waals surface area contributed by atoms with Gasteiger partial charge >= 0.3 is 0 Å². The zero-order valence-electron chi connectivity index (χ0n) is 9.38. The molecule has 1 unspecified atom stereocenters. The molecule has 0 aromatic carbocycles. The molecule has 0 bridgehead atoms. The number of morpholine rings is 1. The van der Waals surface area contributed by atoms with E-state index in [-0.39, 0.29) is 12.7 Å². The van der Waals surface area contributed by atoms with Crippen LogP contribution in [0.1, 0.15) is 5.69 Å². The predicted molar refractivity (Wildman–Crippen MR) is 61.2 cm³/mol. The molecule has 1 atom stereocenters. The Morgan fingerprint density at radius 2 is 2.44 bits per heavy atom. The smallest absolute Gasteiger partial charge is 0.0932 e. The van der Waals surface area contributed by atoms with Crippen LogP contribution in [0.4, 0.5) is 0 Å². The first-order valence-electron chi connectivity index (χ1n) is 5.73. The van der Waals surface area contributed by atoms with Gasteiger partial charge in [-0.05, 0) is 12.1 Å². The van der Waals surface area contributed by atoms with Crippen LogP contribution in [0.3, 0.4) is 0 Å². The van der Waals surface area contributed by atoms with Gasteiger partial charge in [0.2, 0.25) is 0 Å². The Balaban J connectivity index is 1.77. The van der Waals surface area contributed by atoms with Crippen LogP contribution in [0.25, 0.3) is 0 Å². The normalized spacial score (nSPS) is 22.2. The van der Waals surface area contributed by atoms with Crippen molar-refractivity contribution in [3.8, 4) is 0 Å². The Bertz CT molecular complexity index is 305. The molecular formula is C12H18N2O2. The summed E-state index contributed by atoms with van der Waals surface area (Å²) in [4.78, 5) is 6.61. The fourth-order valence-electron chi connectivity index (χ4n) is 1.91. The highest BCUT2D eigenvalue weighted by Crippen LogP contribution is 2.05. The van der Waals surface area contributed by atoms with Crippen molar-refractivity contribution in [2.75, 3.05) is 32.8 Å². The number of aliphatic hydroxyl groups is 1. The first-order chi connectivity index (χ1) is 7.88. The van der Waals surface area contributed by atoms with Gasteiger partial charge in [0.25, 0.3) is 0 Å². The van der Waals surface area contributed by atoms with Gasteiger partial charge in [0.05, 0.1) is 19.3 Å². The fraction of sp³-hybridized carbons (Fsp3) is 0.583. The molecule has 1 aromatic rings. The highest BCUT2D eigenvalue weighted by atomic mass is 16.5. The number of ether oxygens (including phenoxy) is 1. The molecule has 1 fully saturated rings. The van der Waals surface area contributed by atoms with Crippen molar-refractivity contribution in [1.82, 2.24) is 9.88 Å². The van der Waals surface area contributed by atoms with Crippen LogP contribution >= 0.6 is 0 Å². The van der Waals surface area contributed by atoms with Gasteiger partial charge in [0.15, 0.2) is 0 Å². The van der Waals surface area contributed by atoms with Crippen LogP contribution in [-0.2, 0) is 11.2 Å². The monoisotopic (exact) mass is 222 g/mol. The molecule has 2 rings (SSSR count). The van der Waals surface area contributed by atoms with E-state index in [1.165, 1.54) is 0 Å². The number of hydrogen-bond acceptors (Lipinski definition) is 4. The molecule has 0 amide bonds. The van der Waals surface area contributed by atoms with E-state index in [1.807, 2.05) is 24.4 Å². The van der Waals surface area contributed by atoms with E-state index in [0.717, 1.165) is 31.7 Å². The maximum absolute atomic E-state index is 9.03. The average Bonchev–Trinajstić information content (AvgIpc) is 2.38. The minimum Gasteiger partial charge on any atom is -0.394 e. The second-order valence-corrected chi connectivity index (χ2v) is 4.05. The quantitative estimate of drug-likeness (QED) is 0.797. The lowest BCUT2D eigenvalue weighted by Crippen LogP contribution is -2.44. The number of aliphatic hydroxyl groups excluding tert-OH is 1. The molecule has 1 aliphatic heterocycles. The van der Waals surface area contributed by atoms with Gasteiger partial charge in [-0.3, -0.25) is 9.88 Å².